The van der Waals surface area contributed by atoms with E-state index in [2.05, 4.69) is 52.1 Å². The van der Waals surface area contributed by atoms with Crippen molar-refractivity contribution in [3.8, 4) is 0 Å². The molecular weight excluding hydrogens is 360 g/mol. The molecule has 29 heavy (non-hydrogen) atoms. The molecule has 3 heterocycles. The molecule has 2 aromatic rings. The molecule has 1 aromatic carbocycles. The lowest BCUT2D eigenvalue weighted by Crippen LogP contribution is -2.44. The Hall–Kier alpha value is -2.43. The highest BCUT2D eigenvalue weighted by Gasteiger charge is 2.28. The van der Waals surface area contributed by atoms with Gasteiger partial charge in [-0.25, -0.2) is 9.97 Å². The van der Waals surface area contributed by atoms with Crippen LogP contribution in [-0.2, 0) is 6.42 Å². The molecule has 4 rings (SSSR count). The number of benzene rings is 1. The summed E-state index contributed by atoms with van der Waals surface area (Å²) in [4.78, 5) is 26.5. The van der Waals surface area contributed by atoms with Gasteiger partial charge in [0.2, 0.25) is 5.95 Å². The number of rotatable bonds is 5. The Labute approximate surface area is 174 Å². The Morgan fingerprint density at radius 1 is 1.03 bits per heavy atom. The van der Waals surface area contributed by atoms with Crippen molar-refractivity contribution in [2.45, 2.75) is 57.9 Å². The summed E-state index contributed by atoms with van der Waals surface area (Å²) in [5.74, 6) is 1.48. The first-order valence-corrected chi connectivity index (χ1v) is 11.2. The number of nitrogens with zero attached hydrogens (tertiary/aromatic N) is 4. The highest BCUT2D eigenvalue weighted by molar-refractivity contribution is 5.92. The molecule has 2 fully saturated rings. The molecule has 1 amide bonds. The highest BCUT2D eigenvalue weighted by Crippen LogP contribution is 2.25. The number of anilines is 1. The molecule has 154 valence electrons. The normalized spacial score (nSPS) is 20.7. The molecular formula is C24H32N4O. The van der Waals surface area contributed by atoms with Gasteiger partial charge < -0.3 is 9.80 Å². The molecule has 0 aliphatic carbocycles. The molecule has 1 aromatic heterocycles. The van der Waals surface area contributed by atoms with Gasteiger partial charge in [0.25, 0.3) is 5.91 Å². The van der Waals surface area contributed by atoms with Crippen LogP contribution in [0.25, 0.3) is 0 Å². The van der Waals surface area contributed by atoms with Gasteiger partial charge in [-0.05, 0) is 62.5 Å². The van der Waals surface area contributed by atoms with Crippen LogP contribution >= 0.6 is 0 Å². The average molecular weight is 393 g/mol. The predicted molar refractivity (Wildman–Crippen MR) is 116 cm³/mol. The third kappa shape index (κ3) is 4.77. The topological polar surface area (TPSA) is 49.3 Å². The number of aromatic nitrogens is 2. The van der Waals surface area contributed by atoms with Gasteiger partial charge in [0.1, 0.15) is 5.69 Å². The third-order valence-electron chi connectivity index (χ3n) is 6.49. The van der Waals surface area contributed by atoms with Crippen LogP contribution < -0.4 is 4.90 Å². The van der Waals surface area contributed by atoms with Crippen molar-refractivity contribution in [2.75, 3.05) is 24.5 Å². The summed E-state index contributed by atoms with van der Waals surface area (Å²) in [6, 6.07) is 12.9. The largest absolute Gasteiger partial charge is 0.341 e. The fraction of sp³-hybridized carbons (Fsp3) is 0.542. The number of likely N-dealkylation sites (tertiary alicyclic amines) is 1. The molecule has 2 aliphatic rings. The third-order valence-corrected chi connectivity index (χ3v) is 6.49. The Bertz CT molecular complexity index is 802. The second-order valence-electron chi connectivity index (χ2n) is 8.42. The van der Waals surface area contributed by atoms with Gasteiger partial charge >= 0.3 is 0 Å². The van der Waals surface area contributed by atoms with Gasteiger partial charge in [0.15, 0.2) is 0 Å². The van der Waals surface area contributed by atoms with Crippen molar-refractivity contribution in [1.29, 1.82) is 0 Å². The fourth-order valence-corrected chi connectivity index (χ4v) is 4.74. The van der Waals surface area contributed by atoms with Crippen LogP contribution in [0.1, 0.15) is 61.5 Å². The molecule has 0 saturated carbocycles. The van der Waals surface area contributed by atoms with Crippen LogP contribution in [0.3, 0.4) is 0 Å². The lowest BCUT2D eigenvalue weighted by Gasteiger charge is -2.35. The number of piperidine rings is 2. The SMILES string of the molecule is CCC1CCCCN1C(=O)c1ccnc(N2CCC(Cc3ccccc3)CC2)n1. The molecule has 2 saturated heterocycles. The van der Waals surface area contributed by atoms with E-state index >= 15 is 0 Å². The van der Waals surface area contributed by atoms with Crippen molar-refractivity contribution in [1.82, 2.24) is 14.9 Å². The lowest BCUT2D eigenvalue weighted by molar-refractivity contribution is 0.0602. The molecule has 1 unspecified atom stereocenters. The summed E-state index contributed by atoms with van der Waals surface area (Å²) in [5, 5.41) is 0. The highest BCUT2D eigenvalue weighted by atomic mass is 16.2. The molecule has 0 N–H and O–H groups in total. The van der Waals surface area contributed by atoms with Crippen molar-refractivity contribution in [3.05, 3.63) is 53.9 Å². The smallest absolute Gasteiger partial charge is 0.272 e. The number of hydrogen-bond donors (Lipinski definition) is 0. The molecule has 2 aliphatic heterocycles. The van der Waals surface area contributed by atoms with Crippen molar-refractivity contribution < 1.29 is 4.79 Å². The van der Waals surface area contributed by atoms with E-state index in [1.54, 1.807) is 12.3 Å². The van der Waals surface area contributed by atoms with Crippen LogP contribution in [0.5, 0.6) is 0 Å². The first kappa shape index (κ1) is 19.9. The van der Waals surface area contributed by atoms with E-state index in [4.69, 9.17) is 0 Å². The van der Waals surface area contributed by atoms with Gasteiger partial charge in [-0.1, -0.05) is 37.3 Å². The maximum Gasteiger partial charge on any atom is 0.272 e. The van der Waals surface area contributed by atoms with E-state index in [1.807, 2.05) is 4.90 Å². The van der Waals surface area contributed by atoms with E-state index < -0.39 is 0 Å². The maximum absolute atomic E-state index is 13.1. The van der Waals surface area contributed by atoms with E-state index in [9.17, 15) is 4.79 Å². The number of hydrogen-bond acceptors (Lipinski definition) is 4. The maximum atomic E-state index is 13.1. The summed E-state index contributed by atoms with van der Waals surface area (Å²) in [6.45, 7) is 4.93. The molecule has 5 heteroatoms. The summed E-state index contributed by atoms with van der Waals surface area (Å²) >= 11 is 0. The minimum Gasteiger partial charge on any atom is -0.341 e. The first-order chi connectivity index (χ1) is 14.2. The minimum absolute atomic E-state index is 0.0687. The summed E-state index contributed by atoms with van der Waals surface area (Å²) in [7, 11) is 0. The summed E-state index contributed by atoms with van der Waals surface area (Å²) in [6.07, 6.45) is 9.59. The Kier molecular flexibility index (Phi) is 6.43. The molecule has 0 radical (unpaired) electrons. The fourth-order valence-electron chi connectivity index (χ4n) is 4.74. The zero-order valence-electron chi connectivity index (χ0n) is 17.5. The van der Waals surface area contributed by atoms with Gasteiger partial charge in [-0.15, -0.1) is 0 Å². The van der Waals surface area contributed by atoms with Crippen LogP contribution in [-0.4, -0.2) is 46.5 Å². The molecule has 0 bridgehead atoms. The van der Waals surface area contributed by atoms with Crippen LogP contribution in [0, 0.1) is 5.92 Å². The standard InChI is InChI=1S/C24H32N4O/c1-2-21-10-6-7-15-28(21)23(29)22-11-14-25-24(26-22)27-16-12-20(13-17-27)18-19-8-4-3-5-9-19/h3-5,8-9,11,14,20-21H,2,6-7,10,12-13,15-18H2,1H3. The Morgan fingerprint density at radius 2 is 1.83 bits per heavy atom. The number of carbonyl (C=O) groups excluding carboxylic acids is 1. The second-order valence-corrected chi connectivity index (χ2v) is 8.42. The zero-order valence-corrected chi connectivity index (χ0v) is 17.5. The first-order valence-electron chi connectivity index (χ1n) is 11.2. The van der Waals surface area contributed by atoms with Gasteiger partial charge in [-0.3, -0.25) is 4.79 Å². The quantitative estimate of drug-likeness (QED) is 0.759. The van der Waals surface area contributed by atoms with Crippen LogP contribution in [0.4, 0.5) is 5.95 Å². The van der Waals surface area contributed by atoms with Gasteiger partial charge in [0.05, 0.1) is 0 Å². The molecule has 1 atom stereocenters. The van der Waals surface area contributed by atoms with Crippen LogP contribution in [0.15, 0.2) is 42.6 Å². The van der Waals surface area contributed by atoms with Crippen molar-refractivity contribution in [3.63, 3.8) is 0 Å². The second kappa shape index (κ2) is 9.38. The van der Waals surface area contributed by atoms with E-state index in [0.29, 0.717) is 23.6 Å². The van der Waals surface area contributed by atoms with Gasteiger partial charge in [-0.2, -0.15) is 0 Å². The zero-order chi connectivity index (χ0) is 20.1. The summed E-state index contributed by atoms with van der Waals surface area (Å²) in [5.41, 5.74) is 1.96. The molecule has 0 spiro atoms. The minimum atomic E-state index is 0.0687. The number of amides is 1. The summed E-state index contributed by atoms with van der Waals surface area (Å²) < 4.78 is 0. The Morgan fingerprint density at radius 3 is 2.59 bits per heavy atom. The van der Waals surface area contributed by atoms with E-state index in [1.165, 1.54) is 12.0 Å². The van der Waals surface area contributed by atoms with E-state index in [0.717, 1.165) is 58.2 Å². The van der Waals surface area contributed by atoms with E-state index in [-0.39, 0.29) is 5.91 Å². The average Bonchev–Trinajstić information content (AvgIpc) is 2.80. The predicted octanol–water partition coefficient (Wildman–Crippen LogP) is 4.34. The van der Waals surface area contributed by atoms with Crippen molar-refractivity contribution >= 4 is 11.9 Å². The van der Waals surface area contributed by atoms with Crippen molar-refractivity contribution in [2.24, 2.45) is 5.92 Å². The van der Waals surface area contributed by atoms with Gasteiger partial charge in [0, 0.05) is 31.9 Å². The number of carbonyl (C=O) groups is 1. The van der Waals surface area contributed by atoms with Crippen LogP contribution in [0.2, 0.25) is 0 Å². The monoisotopic (exact) mass is 392 g/mol. The lowest BCUT2D eigenvalue weighted by atomic mass is 9.90. The Balaban J connectivity index is 1.38. The molecule has 5 nitrogen and oxygen atoms in total.